The molecule has 4 heteroatoms. The second kappa shape index (κ2) is 8.14. The molecule has 2 aromatic heterocycles. The maximum Gasteiger partial charge on any atom is 0.432 e. The Balaban J connectivity index is 1.45. The molecule has 0 spiro atoms. The van der Waals surface area contributed by atoms with E-state index >= 15 is 0 Å². The fourth-order valence-corrected chi connectivity index (χ4v) is 6.80. The Morgan fingerprint density at radius 3 is 1.60 bits per heavy atom. The van der Waals surface area contributed by atoms with Crippen LogP contribution in [-0.4, -0.2) is 16.0 Å². The normalized spacial score (nSPS) is 12.4. The van der Waals surface area contributed by atoms with E-state index in [4.69, 9.17) is 4.65 Å². The van der Waals surface area contributed by atoms with Gasteiger partial charge < -0.3 is 13.8 Å². The van der Waals surface area contributed by atoms with Gasteiger partial charge in [0.05, 0.1) is 27.8 Å². The summed E-state index contributed by atoms with van der Waals surface area (Å²) in [6.07, 6.45) is 0. The maximum atomic E-state index is 6.96. The van der Waals surface area contributed by atoms with Crippen molar-refractivity contribution in [1.29, 1.82) is 0 Å². The molecule has 8 aromatic rings. The summed E-state index contributed by atoms with van der Waals surface area (Å²) in [5, 5.41) is 5.01. The molecule has 0 N–H and O–H groups in total. The zero-order valence-electron chi connectivity index (χ0n) is 21.7. The molecule has 0 bridgehead atoms. The van der Waals surface area contributed by atoms with Gasteiger partial charge in [0.1, 0.15) is 0 Å². The highest BCUT2D eigenvalue weighted by Crippen LogP contribution is 2.36. The first kappa shape index (κ1) is 21.7. The molecule has 40 heavy (non-hydrogen) atoms. The van der Waals surface area contributed by atoms with Crippen molar-refractivity contribution in [3.63, 3.8) is 0 Å². The molecule has 1 aliphatic rings. The molecule has 0 amide bonds. The lowest BCUT2D eigenvalue weighted by atomic mass is 9.52. The smallest absolute Gasteiger partial charge is 0.432 e. The zero-order chi connectivity index (χ0) is 26.2. The molecule has 6 aromatic carbocycles. The van der Waals surface area contributed by atoms with E-state index in [1.165, 1.54) is 54.5 Å². The summed E-state index contributed by atoms with van der Waals surface area (Å²) in [4.78, 5) is 0. The first-order valence-electron chi connectivity index (χ1n) is 13.7. The molecule has 9 rings (SSSR count). The minimum absolute atomic E-state index is 0.283. The summed E-state index contributed by atoms with van der Waals surface area (Å²) in [7, 11) is 0. The molecular formula is C36H23BN2O. The largest absolute Gasteiger partial charge is 0.551 e. The highest BCUT2D eigenvalue weighted by molar-refractivity contribution is 6.85. The van der Waals surface area contributed by atoms with E-state index in [1.54, 1.807) is 0 Å². The standard InChI is InChI=1S/C36H23BN2O/c1-2-12-24(13-3-1)40-37-29-18-10-17-28-27-16-6-9-21-32(27)39(36(28)29)34-23-11-22-33(35(34)37)38-30-19-7-4-14-25(30)26-15-5-8-20-31(26)38/h1-23H. The van der Waals surface area contributed by atoms with Crippen molar-refractivity contribution in [3.8, 4) is 17.1 Å². The van der Waals surface area contributed by atoms with Crippen LogP contribution in [-0.2, 0) is 0 Å². The maximum absolute atomic E-state index is 6.96. The van der Waals surface area contributed by atoms with Crippen molar-refractivity contribution in [3.05, 3.63) is 140 Å². The molecule has 0 atom stereocenters. The van der Waals surface area contributed by atoms with Crippen LogP contribution < -0.4 is 15.6 Å². The molecule has 3 nitrogen and oxygen atoms in total. The van der Waals surface area contributed by atoms with Gasteiger partial charge in [-0.3, -0.25) is 0 Å². The molecule has 1 aliphatic heterocycles. The minimum Gasteiger partial charge on any atom is -0.551 e. The summed E-state index contributed by atoms with van der Waals surface area (Å²) in [5.41, 5.74) is 9.45. The topological polar surface area (TPSA) is 19.1 Å². The number of rotatable bonds is 3. The van der Waals surface area contributed by atoms with E-state index < -0.39 is 0 Å². The van der Waals surface area contributed by atoms with Crippen molar-refractivity contribution >= 4 is 61.5 Å². The van der Waals surface area contributed by atoms with Crippen molar-refractivity contribution < 1.29 is 4.65 Å². The molecule has 186 valence electrons. The lowest BCUT2D eigenvalue weighted by Gasteiger charge is -2.29. The Morgan fingerprint density at radius 2 is 0.925 bits per heavy atom. The Morgan fingerprint density at radius 1 is 0.425 bits per heavy atom. The fraction of sp³-hybridized carbons (Fsp3) is 0. The number of para-hydroxylation sites is 5. The third-order valence-electron chi connectivity index (χ3n) is 8.39. The van der Waals surface area contributed by atoms with Crippen LogP contribution in [0.3, 0.4) is 0 Å². The molecule has 0 aliphatic carbocycles. The molecule has 0 unspecified atom stereocenters. The van der Waals surface area contributed by atoms with Crippen LogP contribution in [0.2, 0.25) is 0 Å². The van der Waals surface area contributed by atoms with E-state index in [1.807, 2.05) is 30.3 Å². The monoisotopic (exact) mass is 510 g/mol. The fourth-order valence-electron chi connectivity index (χ4n) is 6.80. The van der Waals surface area contributed by atoms with E-state index in [0.717, 1.165) is 17.1 Å². The van der Waals surface area contributed by atoms with Gasteiger partial charge >= 0.3 is 6.92 Å². The highest BCUT2D eigenvalue weighted by atomic mass is 16.4. The number of benzene rings is 6. The van der Waals surface area contributed by atoms with E-state index in [9.17, 15) is 0 Å². The number of hydrogen-bond donors (Lipinski definition) is 0. The Bertz CT molecular complexity index is 2210. The second-order valence-corrected chi connectivity index (χ2v) is 10.5. The number of nitrogens with zero attached hydrogens (tertiary/aromatic N) is 2. The molecule has 0 fully saturated rings. The van der Waals surface area contributed by atoms with Gasteiger partial charge in [-0.1, -0.05) is 97.1 Å². The molecule has 0 saturated carbocycles. The van der Waals surface area contributed by atoms with Crippen LogP contribution in [0.4, 0.5) is 0 Å². The average molecular weight is 510 g/mol. The molecule has 0 radical (unpaired) electrons. The molecule has 3 heterocycles. The highest BCUT2D eigenvalue weighted by Gasteiger charge is 2.38. The van der Waals surface area contributed by atoms with Gasteiger partial charge in [-0.15, -0.1) is 0 Å². The van der Waals surface area contributed by atoms with Crippen LogP contribution in [0.5, 0.6) is 5.75 Å². The molecular weight excluding hydrogens is 487 g/mol. The predicted molar refractivity (Wildman–Crippen MR) is 167 cm³/mol. The summed E-state index contributed by atoms with van der Waals surface area (Å²) in [6.45, 7) is -0.283. The van der Waals surface area contributed by atoms with Crippen LogP contribution in [0.1, 0.15) is 0 Å². The average Bonchev–Trinajstić information content (AvgIpc) is 3.53. The zero-order valence-corrected chi connectivity index (χ0v) is 21.7. The number of aromatic nitrogens is 2. The van der Waals surface area contributed by atoms with Crippen molar-refractivity contribution in [2.75, 3.05) is 0 Å². The van der Waals surface area contributed by atoms with Gasteiger partial charge in [-0.05, 0) is 47.9 Å². The van der Waals surface area contributed by atoms with Gasteiger partial charge in [0.15, 0.2) is 0 Å². The van der Waals surface area contributed by atoms with Gasteiger partial charge in [0.25, 0.3) is 0 Å². The predicted octanol–water partition coefficient (Wildman–Crippen LogP) is 7.38. The number of hydrogen-bond acceptors (Lipinski definition) is 1. The summed E-state index contributed by atoms with van der Waals surface area (Å²) in [5.74, 6) is 0.858. The van der Waals surface area contributed by atoms with Crippen LogP contribution in [0, 0.1) is 0 Å². The first-order chi connectivity index (χ1) is 19.9. The SMILES string of the molecule is c1ccc(OB2c3c(-n4c5ccccc5c5ccccc54)cccc3-n3c4ccccc4c4cccc2c43)cc1. The lowest BCUT2D eigenvalue weighted by Crippen LogP contribution is -2.53. The first-order valence-corrected chi connectivity index (χ1v) is 13.7. The van der Waals surface area contributed by atoms with Crippen molar-refractivity contribution in [2.45, 2.75) is 0 Å². The number of fused-ring (bicyclic) bond motifs is 8. The van der Waals surface area contributed by atoms with Crippen LogP contribution >= 0.6 is 0 Å². The Kier molecular flexibility index (Phi) is 4.41. The Hall–Kier alpha value is -5.22. The van der Waals surface area contributed by atoms with Gasteiger partial charge in [0, 0.05) is 38.4 Å². The van der Waals surface area contributed by atoms with E-state index in [0.29, 0.717) is 0 Å². The van der Waals surface area contributed by atoms with Gasteiger partial charge in [-0.25, -0.2) is 0 Å². The van der Waals surface area contributed by atoms with Crippen molar-refractivity contribution in [2.24, 2.45) is 0 Å². The Labute approximate surface area is 231 Å². The van der Waals surface area contributed by atoms with Gasteiger partial charge in [0.2, 0.25) is 0 Å². The van der Waals surface area contributed by atoms with E-state index in [2.05, 4.69) is 118 Å². The summed E-state index contributed by atoms with van der Waals surface area (Å²) < 4.78 is 11.8. The summed E-state index contributed by atoms with van der Waals surface area (Å²) >= 11 is 0. The second-order valence-electron chi connectivity index (χ2n) is 10.5. The third-order valence-corrected chi connectivity index (χ3v) is 8.39. The summed E-state index contributed by atoms with van der Waals surface area (Å²) in [6, 6.07) is 49.6. The van der Waals surface area contributed by atoms with Crippen molar-refractivity contribution in [1.82, 2.24) is 9.13 Å². The van der Waals surface area contributed by atoms with Crippen LogP contribution in [0.25, 0.3) is 55.0 Å². The van der Waals surface area contributed by atoms with Crippen LogP contribution in [0.15, 0.2) is 140 Å². The lowest BCUT2D eigenvalue weighted by molar-refractivity contribution is 0.591. The van der Waals surface area contributed by atoms with E-state index in [-0.39, 0.29) is 6.92 Å². The van der Waals surface area contributed by atoms with Gasteiger partial charge in [-0.2, -0.15) is 0 Å². The molecule has 0 saturated heterocycles. The quantitative estimate of drug-likeness (QED) is 0.227. The third kappa shape index (κ3) is 2.85. The minimum atomic E-state index is -0.283.